The average molecular weight is 870 g/mol. The number of aromatic nitrogens is 2. The number of fused-ring (bicyclic) bond motifs is 6. The lowest BCUT2D eigenvalue weighted by Crippen LogP contribution is -2.08. The fourth-order valence-corrected chi connectivity index (χ4v) is 9.70. The van der Waals surface area contributed by atoms with Gasteiger partial charge < -0.3 is 9.13 Å². The molecule has 0 N–H and O–H groups in total. The van der Waals surface area contributed by atoms with Crippen molar-refractivity contribution < 1.29 is 13.2 Å². The van der Waals surface area contributed by atoms with E-state index in [1.54, 1.807) is 49.4 Å². The van der Waals surface area contributed by atoms with E-state index >= 15 is 0 Å². The van der Waals surface area contributed by atoms with Crippen LogP contribution in [0.1, 0.15) is 22.3 Å². The van der Waals surface area contributed by atoms with Gasteiger partial charge in [-0.25, -0.2) is 4.85 Å². The molecule has 0 saturated heterocycles. The third kappa shape index (κ3) is 6.78. The van der Waals surface area contributed by atoms with Crippen LogP contribution in [-0.2, 0) is 6.18 Å². The Bertz CT molecular complexity index is 3950. The van der Waals surface area contributed by atoms with E-state index in [9.17, 15) is 23.7 Å². The Balaban J connectivity index is 1.22. The normalized spacial score (nSPS) is 11.5. The van der Waals surface area contributed by atoms with Crippen LogP contribution in [0.2, 0.25) is 0 Å². The first-order valence-corrected chi connectivity index (χ1v) is 21.5. The lowest BCUT2D eigenvalue weighted by atomic mass is 9.90. The molecule has 2 aromatic heterocycles. The zero-order valence-corrected chi connectivity index (χ0v) is 35.8. The van der Waals surface area contributed by atoms with Crippen LogP contribution < -0.4 is 0 Å². The number of hydrogen-bond donors (Lipinski definition) is 0. The second kappa shape index (κ2) is 15.8. The molecule has 316 valence electrons. The van der Waals surface area contributed by atoms with Crippen LogP contribution in [0.3, 0.4) is 0 Å². The van der Waals surface area contributed by atoms with E-state index in [4.69, 9.17) is 6.57 Å². The van der Waals surface area contributed by atoms with Crippen molar-refractivity contribution in [3.8, 4) is 68.0 Å². The molecule has 11 aromatic rings. The minimum Gasteiger partial charge on any atom is -0.309 e. The maximum absolute atomic E-state index is 14.9. The molecule has 67 heavy (non-hydrogen) atoms. The van der Waals surface area contributed by atoms with Crippen molar-refractivity contribution in [1.82, 2.24) is 9.13 Å². The second-order valence-electron chi connectivity index (χ2n) is 16.6. The highest BCUT2D eigenvalue weighted by Crippen LogP contribution is 2.46. The van der Waals surface area contributed by atoms with Gasteiger partial charge in [0.15, 0.2) is 5.69 Å². The van der Waals surface area contributed by atoms with Crippen LogP contribution in [0.15, 0.2) is 188 Å². The Morgan fingerprint density at radius 2 is 0.940 bits per heavy atom. The lowest BCUT2D eigenvalue weighted by molar-refractivity contribution is -0.137. The van der Waals surface area contributed by atoms with Gasteiger partial charge in [0.2, 0.25) is 0 Å². The molecule has 0 radical (unpaired) electrons. The van der Waals surface area contributed by atoms with Crippen molar-refractivity contribution >= 4 is 49.3 Å². The van der Waals surface area contributed by atoms with E-state index in [1.807, 2.05) is 84.9 Å². The van der Waals surface area contributed by atoms with E-state index in [1.165, 1.54) is 6.07 Å². The van der Waals surface area contributed by atoms with Gasteiger partial charge in [0.05, 0.1) is 68.8 Å². The zero-order chi connectivity index (χ0) is 46.0. The van der Waals surface area contributed by atoms with Crippen molar-refractivity contribution in [3.63, 3.8) is 0 Å². The van der Waals surface area contributed by atoms with Gasteiger partial charge in [-0.15, -0.1) is 0 Å². The van der Waals surface area contributed by atoms with E-state index in [2.05, 4.69) is 74.6 Å². The molecular formula is C59H34F3N5. The molecule has 0 aliphatic carbocycles. The monoisotopic (exact) mass is 869 g/mol. The molecule has 0 atom stereocenters. The van der Waals surface area contributed by atoms with Crippen molar-refractivity contribution in [2.24, 2.45) is 0 Å². The topological polar surface area (TPSA) is 61.8 Å². The van der Waals surface area contributed by atoms with E-state index in [0.717, 1.165) is 77.6 Å². The van der Waals surface area contributed by atoms with Gasteiger partial charge >= 0.3 is 6.18 Å². The summed E-state index contributed by atoms with van der Waals surface area (Å²) < 4.78 is 49.1. The van der Waals surface area contributed by atoms with Crippen LogP contribution in [0.25, 0.3) is 104 Å². The Labute approximate surface area is 383 Å². The van der Waals surface area contributed by atoms with Gasteiger partial charge in [0.1, 0.15) is 0 Å². The summed E-state index contributed by atoms with van der Waals surface area (Å²) in [7, 11) is 0. The Morgan fingerprint density at radius 1 is 0.463 bits per heavy atom. The number of benzene rings is 9. The predicted molar refractivity (Wildman–Crippen MR) is 262 cm³/mol. The third-order valence-corrected chi connectivity index (χ3v) is 12.8. The molecule has 0 amide bonds. The van der Waals surface area contributed by atoms with Crippen LogP contribution in [0, 0.1) is 36.2 Å². The highest BCUT2D eigenvalue weighted by molar-refractivity contribution is 6.13. The molecule has 0 bridgehead atoms. The van der Waals surface area contributed by atoms with Crippen molar-refractivity contribution in [2.45, 2.75) is 13.1 Å². The minimum atomic E-state index is -4.62. The van der Waals surface area contributed by atoms with E-state index in [-0.39, 0.29) is 5.56 Å². The van der Waals surface area contributed by atoms with Gasteiger partial charge in [-0.1, -0.05) is 103 Å². The maximum atomic E-state index is 14.9. The molecule has 0 spiro atoms. The molecule has 0 aliphatic rings. The summed E-state index contributed by atoms with van der Waals surface area (Å²) in [6.07, 6.45) is -4.62. The Kier molecular flexibility index (Phi) is 9.59. The summed E-state index contributed by atoms with van der Waals surface area (Å²) in [5.41, 5.74) is 11.9. The molecule has 8 heteroatoms. The van der Waals surface area contributed by atoms with Crippen molar-refractivity contribution in [1.29, 1.82) is 10.5 Å². The fraction of sp³-hybridized carbons (Fsp3) is 0.0339. The van der Waals surface area contributed by atoms with Crippen LogP contribution in [0.4, 0.5) is 18.9 Å². The second-order valence-corrected chi connectivity index (χ2v) is 16.6. The molecule has 9 aromatic carbocycles. The Hall–Kier alpha value is -9.16. The van der Waals surface area contributed by atoms with E-state index < -0.39 is 11.7 Å². The number of para-hydroxylation sites is 2. The summed E-state index contributed by atoms with van der Waals surface area (Å²) in [5, 5.41) is 23.9. The molecule has 11 rings (SSSR count). The number of nitriles is 2. The van der Waals surface area contributed by atoms with Crippen molar-refractivity contribution in [2.75, 3.05) is 0 Å². The Morgan fingerprint density at radius 3 is 1.49 bits per heavy atom. The molecule has 5 nitrogen and oxygen atoms in total. The quantitative estimate of drug-likeness (QED) is 0.156. The smallest absolute Gasteiger partial charge is 0.309 e. The van der Waals surface area contributed by atoms with Gasteiger partial charge in [0.25, 0.3) is 0 Å². The first-order valence-electron chi connectivity index (χ1n) is 21.5. The first-order chi connectivity index (χ1) is 32.6. The molecular weight excluding hydrogens is 836 g/mol. The van der Waals surface area contributed by atoms with Crippen LogP contribution in [0.5, 0.6) is 0 Å². The molecule has 0 aliphatic heterocycles. The standard InChI is InChI=1S/C59H34F3N5/c1-36-8-7-11-51(59(60,61)62)58(36)43-23-29-57(67-53-13-6-4-10-46(53)49-32-42(22-28-56(49)67)40-19-24-44(65-2)25-20-40)50(33-43)47-30-38(35-64)16-26-54(47)66-52-12-5-3-9-45(52)48-31-41(21-27-55(48)66)39-17-14-37(34-63)15-18-39/h3-33H,1H3. The minimum absolute atomic E-state index is 0.0871. The SMILES string of the molecule is [C-]#[N+]c1ccc(-c2ccc3c(c2)c2ccccc2n3-c2ccc(-c3c(C)cccc3C(F)(F)F)cc2-c2cc(C#N)ccc2-n2c3ccccc3c3cc(-c4ccc(C#N)cc4)ccc32)cc1. The third-order valence-electron chi connectivity index (χ3n) is 12.8. The molecule has 0 unspecified atom stereocenters. The summed E-state index contributed by atoms with van der Waals surface area (Å²) in [5.74, 6) is 0. The molecule has 0 saturated carbocycles. The number of rotatable bonds is 6. The van der Waals surface area contributed by atoms with Gasteiger partial charge in [0, 0.05) is 32.7 Å². The van der Waals surface area contributed by atoms with Gasteiger partial charge in [-0.2, -0.15) is 23.7 Å². The van der Waals surface area contributed by atoms with E-state index in [0.29, 0.717) is 44.8 Å². The summed E-state index contributed by atoms with van der Waals surface area (Å²) in [6.45, 7) is 9.13. The van der Waals surface area contributed by atoms with Crippen molar-refractivity contribution in [3.05, 3.63) is 222 Å². The molecule has 0 fully saturated rings. The van der Waals surface area contributed by atoms with Crippen LogP contribution >= 0.6 is 0 Å². The average Bonchev–Trinajstić information content (AvgIpc) is 3.87. The lowest BCUT2D eigenvalue weighted by Gasteiger charge is -2.21. The highest BCUT2D eigenvalue weighted by atomic mass is 19.4. The summed E-state index contributed by atoms with van der Waals surface area (Å²) in [6, 6.07) is 63.6. The number of aryl methyl sites for hydroxylation is 1. The number of nitrogens with zero attached hydrogens (tertiary/aromatic N) is 5. The number of alkyl halides is 3. The molecule has 2 heterocycles. The first kappa shape index (κ1) is 40.6. The predicted octanol–water partition coefficient (Wildman–Crippen LogP) is 16.2. The fourth-order valence-electron chi connectivity index (χ4n) is 9.70. The van der Waals surface area contributed by atoms with Crippen LogP contribution in [-0.4, -0.2) is 9.13 Å². The number of hydrogen-bond acceptors (Lipinski definition) is 2. The summed E-state index contributed by atoms with van der Waals surface area (Å²) in [4.78, 5) is 3.56. The highest BCUT2D eigenvalue weighted by Gasteiger charge is 2.34. The van der Waals surface area contributed by atoms with Gasteiger partial charge in [-0.05, 0) is 131 Å². The number of halogens is 3. The largest absolute Gasteiger partial charge is 0.417 e. The maximum Gasteiger partial charge on any atom is 0.417 e. The van der Waals surface area contributed by atoms with Gasteiger partial charge in [-0.3, -0.25) is 0 Å². The summed E-state index contributed by atoms with van der Waals surface area (Å²) >= 11 is 0. The zero-order valence-electron chi connectivity index (χ0n) is 35.8.